The van der Waals surface area contributed by atoms with Crippen LogP contribution in [-0.4, -0.2) is 40.5 Å². The molecular formula is C31H40NO6PS. The number of benzene rings is 2. The molecule has 7 nitrogen and oxygen atoms in total. The number of hydrogen-bond donors (Lipinski definition) is 2. The third-order valence-corrected chi connectivity index (χ3v) is 12.8. The van der Waals surface area contributed by atoms with Crippen molar-refractivity contribution in [2.45, 2.75) is 69.2 Å². The van der Waals surface area contributed by atoms with Gasteiger partial charge in [0, 0.05) is 17.7 Å². The lowest BCUT2D eigenvalue weighted by Crippen LogP contribution is -2.52. The van der Waals surface area contributed by atoms with Gasteiger partial charge in [-0.3, -0.25) is 9.36 Å². The van der Waals surface area contributed by atoms with Gasteiger partial charge >= 0.3 is 12.1 Å². The molecule has 40 heavy (non-hydrogen) atoms. The Bertz CT molecular complexity index is 1170. The standard InChI is InChI=1S/C31H40NO6PS/c1-22(32-30(35)37-18-23-8-4-2-5-9-23)39(36,38-31-15-25-12-26(16-31)14-27(13-25)17-31)19-28(29(33)34)21-40-20-24-10-6-3-7-11-24/h2-11,22,25-28H,12-21H2,1H3,(H,32,35)(H,33,34). The molecule has 0 saturated heterocycles. The van der Waals surface area contributed by atoms with Crippen LogP contribution in [0.15, 0.2) is 60.7 Å². The van der Waals surface area contributed by atoms with Crippen molar-refractivity contribution in [3.05, 3.63) is 71.8 Å². The summed E-state index contributed by atoms with van der Waals surface area (Å²) in [5, 5.41) is 12.9. The highest BCUT2D eigenvalue weighted by Crippen LogP contribution is 2.64. The van der Waals surface area contributed by atoms with Gasteiger partial charge in [-0.25, -0.2) is 4.79 Å². The molecule has 0 aromatic heterocycles. The highest BCUT2D eigenvalue weighted by Gasteiger charge is 2.55. The summed E-state index contributed by atoms with van der Waals surface area (Å²) in [7, 11) is -3.64. The number of carbonyl (C=O) groups excluding carboxylic acids is 1. The first-order valence-corrected chi connectivity index (χ1v) is 17.4. The summed E-state index contributed by atoms with van der Waals surface area (Å²) >= 11 is 1.52. The predicted molar refractivity (Wildman–Crippen MR) is 157 cm³/mol. The maximum absolute atomic E-state index is 14.8. The molecule has 4 saturated carbocycles. The molecule has 0 aliphatic heterocycles. The van der Waals surface area contributed by atoms with E-state index in [2.05, 4.69) is 5.32 Å². The van der Waals surface area contributed by atoms with Crippen molar-refractivity contribution in [1.82, 2.24) is 5.32 Å². The van der Waals surface area contributed by atoms with Crippen LogP contribution < -0.4 is 5.32 Å². The minimum atomic E-state index is -3.64. The van der Waals surface area contributed by atoms with E-state index in [1.165, 1.54) is 31.0 Å². The smallest absolute Gasteiger partial charge is 0.408 e. The van der Waals surface area contributed by atoms with Crippen LogP contribution in [0.25, 0.3) is 0 Å². The van der Waals surface area contributed by atoms with Gasteiger partial charge in [0.2, 0.25) is 7.37 Å². The monoisotopic (exact) mass is 585 g/mol. The van der Waals surface area contributed by atoms with E-state index in [0.717, 1.165) is 30.4 Å². The number of carbonyl (C=O) groups is 2. The predicted octanol–water partition coefficient (Wildman–Crippen LogP) is 7.16. The first-order chi connectivity index (χ1) is 19.2. The van der Waals surface area contributed by atoms with Crippen LogP contribution in [0, 0.1) is 23.7 Å². The van der Waals surface area contributed by atoms with Crippen molar-refractivity contribution in [1.29, 1.82) is 0 Å². The number of rotatable bonds is 13. The second kappa shape index (κ2) is 12.7. The molecule has 9 heteroatoms. The van der Waals surface area contributed by atoms with Crippen molar-refractivity contribution >= 4 is 31.2 Å². The maximum atomic E-state index is 14.8. The van der Waals surface area contributed by atoms with Crippen LogP contribution in [0.5, 0.6) is 0 Å². The van der Waals surface area contributed by atoms with E-state index in [1.807, 2.05) is 60.7 Å². The van der Waals surface area contributed by atoms with Gasteiger partial charge in [-0.2, -0.15) is 11.8 Å². The second-order valence-electron chi connectivity index (χ2n) is 12.0. The lowest BCUT2D eigenvalue weighted by Gasteiger charge is -2.57. The zero-order valence-corrected chi connectivity index (χ0v) is 24.8. The quantitative estimate of drug-likeness (QED) is 0.241. The van der Waals surface area contributed by atoms with Gasteiger partial charge in [-0.15, -0.1) is 0 Å². The molecule has 3 unspecified atom stereocenters. The lowest BCUT2D eigenvalue weighted by atomic mass is 9.54. The van der Waals surface area contributed by atoms with Crippen molar-refractivity contribution in [2.24, 2.45) is 23.7 Å². The molecule has 2 aromatic carbocycles. The fraction of sp³-hybridized carbons (Fsp3) is 0.548. The summed E-state index contributed by atoms with van der Waals surface area (Å²) in [4.78, 5) is 25.1. The molecule has 4 aliphatic rings. The van der Waals surface area contributed by atoms with Crippen LogP contribution in [0.2, 0.25) is 0 Å². The van der Waals surface area contributed by atoms with E-state index < -0.39 is 36.7 Å². The normalized spacial score (nSPS) is 27.9. The molecule has 4 bridgehead atoms. The Labute approximate surface area is 241 Å². The molecule has 1 amide bonds. The topological polar surface area (TPSA) is 102 Å². The van der Waals surface area contributed by atoms with Gasteiger partial charge in [0.15, 0.2) is 0 Å². The molecule has 0 radical (unpaired) electrons. The highest BCUT2D eigenvalue weighted by atomic mass is 32.2. The molecule has 2 N–H and O–H groups in total. The number of thioether (sulfide) groups is 1. The number of nitrogens with one attached hydrogen (secondary N) is 1. The summed E-state index contributed by atoms with van der Waals surface area (Å²) in [6.07, 6.45) is 5.43. The number of carboxylic acids is 1. The molecule has 6 rings (SSSR count). The summed E-state index contributed by atoms with van der Waals surface area (Å²) < 4.78 is 26.9. The second-order valence-corrected chi connectivity index (χ2v) is 15.8. The lowest BCUT2D eigenvalue weighted by molar-refractivity contribution is -0.140. The van der Waals surface area contributed by atoms with Crippen molar-refractivity contribution in [3.8, 4) is 0 Å². The van der Waals surface area contributed by atoms with Crippen LogP contribution in [-0.2, 0) is 31.0 Å². The van der Waals surface area contributed by atoms with Crippen LogP contribution in [0.4, 0.5) is 4.79 Å². The third kappa shape index (κ3) is 7.32. The van der Waals surface area contributed by atoms with Gasteiger partial charge in [0.25, 0.3) is 0 Å². The molecule has 216 valence electrons. The van der Waals surface area contributed by atoms with E-state index in [1.54, 1.807) is 6.92 Å². The van der Waals surface area contributed by atoms with Crippen LogP contribution >= 0.6 is 19.1 Å². The zero-order valence-electron chi connectivity index (χ0n) is 23.1. The van der Waals surface area contributed by atoms with Crippen molar-refractivity contribution in [2.75, 3.05) is 11.9 Å². The average Bonchev–Trinajstić information content (AvgIpc) is 2.91. The molecule has 4 fully saturated rings. The van der Waals surface area contributed by atoms with Crippen molar-refractivity contribution < 1.29 is 28.5 Å². The first-order valence-electron chi connectivity index (χ1n) is 14.3. The Morgan fingerprint density at radius 3 is 2.08 bits per heavy atom. The number of aliphatic carboxylic acids is 1. The van der Waals surface area contributed by atoms with Gasteiger partial charge in [-0.05, 0) is 74.3 Å². The van der Waals surface area contributed by atoms with Crippen molar-refractivity contribution in [3.63, 3.8) is 0 Å². The number of ether oxygens (including phenoxy) is 1. The fourth-order valence-electron chi connectivity index (χ4n) is 7.18. The fourth-order valence-corrected chi connectivity index (χ4v) is 11.1. The first kappa shape index (κ1) is 29.2. The van der Waals surface area contributed by atoms with E-state index in [4.69, 9.17) is 9.26 Å². The Balaban J connectivity index is 1.29. The Hall–Kier alpha value is -2.28. The van der Waals surface area contributed by atoms with Crippen LogP contribution in [0.3, 0.4) is 0 Å². The molecular weight excluding hydrogens is 545 g/mol. The minimum Gasteiger partial charge on any atom is -0.481 e. The summed E-state index contributed by atoms with van der Waals surface area (Å²) in [5.74, 6) is -0.00775. The molecule has 0 heterocycles. The number of alkyl carbamates (subject to hydrolysis) is 1. The Morgan fingerprint density at radius 1 is 0.975 bits per heavy atom. The van der Waals surface area contributed by atoms with Crippen LogP contribution in [0.1, 0.15) is 56.6 Å². The van der Waals surface area contributed by atoms with E-state index >= 15 is 0 Å². The van der Waals surface area contributed by atoms with Gasteiger partial charge in [0.05, 0.1) is 11.5 Å². The van der Waals surface area contributed by atoms with Gasteiger partial charge in [-0.1, -0.05) is 60.7 Å². The number of amides is 1. The summed E-state index contributed by atoms with van der Waals surface area (Å²) in [6.45, 7) is 1.76. The van der Waals surface area contributed by atoms with E-state index in [9.17, 15) is 19.3 Å². The third-order valence-electron chi connectivity index (χ3n) is 8.71. The van der Waals surface area contributed by atoms with Gasteiger partial charge < -0.3 is 19.7 Å². The number of hydrogen-bond acceptors (Lipinski definition) is 6. The Morgan fingerprint density at radius 2 is 1.52 bits per heavy atom. The molecule has 2 aromatic rings. The zero-order chi connectivity index (χ0) is 28.2. The van der Waals surface area contributed by atoms with E-state index in [-0.39, 0.29) is 12.8 Å². The van der Waals surface area contributed by atoms with E-state index in [0.29, 0.717) is 29.3 Å². The SMILES string of the molecule is CC(NC(=O)OCc1ccccc1)P(=O)(CC(CSCc1ccccc1)C(=O)O)OC12CC3CC(CC(C3)C1)C2. The summed E-state index contributed by atoms with van der Waals surface area (Å²) in [5.41, 5.74) is 1.47. The molecule has 3 atom stereocenters. The number of carboxylic acid groups (broad SMARTS) is 1. The maximum Gasteiger partial charge on any atom is 0.408 e. The highest BCUT2D eigenvalue weighted by molar-refractivity contribution is 7.98. The Kier molecular flexibility index (Phi) is 9.28. The average molecular weight is 586 g/mol. The largest absolute Gasteiger partial charge is 0.481 e. The molecule has 0 spiro atoms. The summed E-state index contributed by atoms with van der Waals surface area (Å²) in [6, 6.07) is 19.2. The molecule has 4 aliphatic carbocycles. The van der Waals surface area contributed by atoms with Gasteiger partial charge in [0.1, 0.15) is 12.4 Å². The minimum absolute atomic E-state index is 0.0907.